The molecule has 0 atom stereocenters. The first-order chi connectivity index (χ1) is 6.24. The highest BCUT2D eigenvalue weighted by molar-refractivity contribution is 7.18. The van der Waals surface area contributed by atoms with Gasteiger partial charge < -0.3 is 0 Å². The highest BCUT2D eigenvalue weighted by Crippen LogP contribution is 2.36. The molecule has 0 bridgehead atoms. The molecule has 13 heavy (non-hydrogen) atoms. The number of rotatable bonds is 1. The third-order valence-corrected chi connectivity index (χ3v) is 3.93. The number of aryl methyl sites for hydroxylation is 1. The van der Waals surface area contributed by atoms with E-state index in [4.69, 9.17) is 23.2 Å². The normalized spacial score (nSPS) is 11.0. The molecule has 0 radical (unpaired) electrons. The Hall–Kier alpha value is -0.240. The fourth-order valence-electron chi connectivity index (χ4n) is 1.43. The van der Waals surface area contributed by atoms with E-state index in [1.165, 1.54) is 10.9 Å². The lowest BCUT2D eigenvalue weighted by Crippen LogP contribution is -1.81. The van der Waals surface area contributed by atoms with Crippen molar-refractivity contribution in [2.75, 3.05) is 0 Å². The fraction of sp³-hybridized carbons (Fsp3) is 0.200. The maximum atomic E-state index is 6.07. The largest absolute Gasteiger partial charge is 0.142 e. The Labute approximate surface area is 91.1 Å². The lowest BCUT2D eigenvalue weighted by molar-refractivity contribution is 1.16. The van der Waals surface area contributed by atoms with Crippen LogP contribution < -0.4 is 0 Å². The third-order valence-electron chi connectivity index (χ3n) is 2.10. The topological polar surface area (TPSA) is 0 Å². The van der Waals surface area contributed by atoms with Crippen LogP contribution in [-0.4, -0.2) is 0 Å². The first kappa shape index (κ1) is 9.32. The van der Waals surface area contributed by atoms with E-state index in [1.54, 1.807) is 11.3 Å². The van der Waals surface area contributed by atoms with Gasteiger partial charge in [-0.1, -0.05) is 30.1 Å². The standard InChI is InChI=1S/C10H8Cl2S/c1-2-6-5-8(11)9(12)10-7(6)3-4-13-10/h3-5H,2H2,1H3. The van der Waals surface area contributed by atoms with E-state index in [1.807, 2.05) is 11.4 Å². The summed E-state index contributed by atoms with van der Waals surface area (Å²) in [4.78, 5) is 0. The van der Waals surface area contributed by atoms with Crippen LogP contribution in [0, 0.1) is 0 Å². The zero-order valence-electron chi connectivity index (χ0n) is 7.10. The van der Waals surface area contributed by atoms with Gasteiger partial charge in [0, 0.05) is 0 Å². The number of thiophene rings is 1. The summed E-state index contributed by atoms with van der Waals surface area (Å²) in [5.41, 5.74) is 1.27. The van der Waals surface area contributed by atoms with Gasteiger partial charge >= 0.3 is 0 Å². The Morgan fingerprint density at radius 2 is 2.15 bits per heavy atom. The molecule has 0 saturated heterocycles. The van der Waals surface area contributed by atoms with Gasteiger partial charge in [0.2, 0.25) is 0 Å². The van der Waals surface area contributed by atoms with Crippen molar-refractivity contribution in [1.82, 2.24) is 0 Å². The minimum Gasteiger partial charge on any atom is -0.142 e. The highest BCUT2D eigenvalue weighted by atomic mass is 35.5. The van der Waals surface area contributed by atoms with Gasteiger partial charge in [-0.2, -0.15) is 0 Å². The Morgan fingerprint density at radius 1 is 1.38 bits per heavy atom. The van der Waals surface area contributed by atoms with E-state index in [-0.39, 0.29) is 0 Å². The average molecular weight is 231 g/mol. The Kier molecular flexibility index (Phi) is 2.50. The predicted molar refractivity (Wildman–Crippen MR) is 61.2 cm³/mol. The molecular weight excluding hydrogens is 223 g/mol. The molecular formula is C10H8Cl2S. The van der Waals surface area contributed by atoms with Crippen LogP contribution in [0.1, 0.15) is 12.5 Å². The van der Waals surface area contributed by atoms with Gasteiger partial charge in [-0.05, 0) is 34.9 Å². The molecule has 0 aliphatic heterocycles. The SMILES string of the molecule is CCc1cc(Cl)c(Cl)c2sccc12. The number of halogens is 2. The summed E-state index contributed by atoms with van der Waals surface area (Å²) in [6.07, 6.45) is 0.990. The second kappa shape index (κ2) is 3.49. The first-order valence-corrected chi connectivity index (χ1v) is 5.71. The number of fused-ring (bicyclic) bond motifs is 1. The molecule has 0 aliphatic carbocycles. The molecule has 1 heterocycles. The van der Waals surface area contributed by atoms with E-state index in [9.17, 15) is 0 Å². The van der Waals surface area contributed by atoms with Gasteiger partial charge in [-0.3, -0.25) is 0 Å². The van der Waals surface area contributed by atoms with Crippen LogP contribution in [0.15, 0.2) is 17.5 Å². The molecule has 2 aromatic rings. The molecule has 1 aromatic carbocycles. The van der Waals surface area contributed by atoms with Gasteiger partial charge in [-0.25, -0.2) is 0 Å². The molecule has 0 fully saturated rings. The van der Waals surface area contributed by atoms with Crippen molar-refractivity contribution in [2.24, 2.45) is 0 Å². The summed E-state index contributed by atoms with van der Waals surface area (Å²) < 4.78 is 1.10. The maximum Gasteiger partial charge on any atom is 0.0770 e. The molecule has 0 nitrogen and oxygen atoms in total. The van der Waals surface area contributed by atoms with Crippen LogP contribution in [0.3, 0.4) is 0 Å². The Bertz CT molecular complexity index is 445. The van der Waals surface area contributed by atoms with Crippen LogP contribution in [0.5, 0.6) is 0 Å². The van der Waals surface area contributed by atoms with Gasteiger partial charge in [0.25, 0.3) is 0 Å². The van der Waals surface area contributed by atoms with E-state index in [0.29, 0.717) is 10.0 Å². The van der Waals surface area contributed by atoms with Crippen LogP contribution >= 0.6 is 34.5 Å². The van der Waals surface area contributed by atoms with Crippen LogP contribution in [-0.2, 0) is 6.42 Å². The average Bonchev–Trinajstić information content (AvgIpc) is 2.60. The van der Waals surface area contributed by atoms with Crippen LogP contribution in [0.4, 0.5) is 0 Å². The zero-order valence-corrected chi connectivity index (χ0v) is 9.43. The summed E-state index contributed by atoms with van der Waals surface area (Å²) in [7, 11) is 0. The molecule has 0 aliphatic rings. The monoisotopic (exact) mass is 230 g/mol. The van der Waals surface area contributed by atoms with Crippen molar-refractivity contribution in [3.8, 4) is 0 Å². The van der Waals surface area contributed by atoms with Crippen LogP contribution in [0.2, 0.25) is 10.0 Å². The molecule has 3 heteroatoms. The molecule has 0 unspecified atom stereocenters. The van der Waals surface area contributed by atoms with Gasteiger partial charge in [0.1, 0.15) is 0 Å². The van der Waals surface area contributed by atoms with E-state index < -0.39 is 0 Å². The Morgan fingerprint density at radius 3 is 2.85 bits per heavy atom. The van der Waals surface area contributed by atoms with Gasteiger partial charge in [-0.15, -0.1) is 11.3 Å². The number of benzene rings is 1. The van der Waals surface area contributed by atoms with Crippen molar-refractivity contribution in [2.45, 2.75) is 13.3 Å². The zero-order chi connectivity index (χ0) is 9.42. The molecule has 1 aromatic heterocycles. The summed E-state index contributed by atoms with van der Waals surface area (Å²) in [6, 6.07) is 4.06. The summed E-state index contributed by atoms with van der Waals surface area (Å²) in [5, 5.41) is 4.63. The predicted octanol–water partition coefficient (Wildman–Crippen LogP) is 4.77. The van der Waals surface area contributed by atoms with E-state index in [0.717, 1.165) is 11.1 Å². The molecule has 0 saturated carbocycles. The number of hydrogen-bond donors (Lipinski definition) is 0. The van der Waals surface area contributed by atoms with Gasteiger partial charge in [0.15, 0.2) is 0 Å². The van der Waals surface area contributed by atoms with E-state index >= 15 is 0 Å². The van der Waals surface area contributed by atoms with Crippen molar-refractivity contribution in [1.29, 1.82) is 0 Å². The summed E-state index contributed by atoms with van der Waals surface area (Å²) >= 11 is 13.7. The van der Waals surface area contributed by atoms with Crippen molar-refractivity contribution < 1.29 is 0 Å². The maximum absolute atomic E-state index is 6.07. The molecule has 2 rings (SSSR count). The third kappa shape index (κ3) is 1.45. The fourth-order valence-corrected chi connectivity index (χ4v) is 2.88. The van der Waals surface area contributed by atoms with Crippen molar-refractivity contribution >= 4 is 44.6 Å². The van der Waals surface area contributed by atoms with Gasteiger partial charge in [0.05, 0.1) is 14.7 Å². The van der Waals surface area contributed by atoms with E-state index in [2.05, 4.69) is 13.0 Å². The van der Waals surface area contributed by atoms with Crippen molar-refractivity contribution in [3.05, 3.63) is 33.1 Å². The quantitative estimate of drug-likeness (QED) is 0.663. The Balaban J connectivity index is 2.87. The minimum absolute atomic E-state index is 0.661. The number of hydrogen-bond acceptors (Lipinski definition) is 1. The first-order valence-electron chi connectivity index (χ1n) is 4.08. The smallest absolute Gasteiger partial charge is 0.0770 e. The molecule has 0 amide bonds. The second-order valence-corrected chi connectivity index (χ2v) is 4.55. The van der Waals surface area contributed by atoms with Crippen molar-refractivity contribution in [3.63, 3.8) is 0 Å². The lowest BCUT2D eigenvalue weighted by atomic mass is 10.1. The lowest BCUT2D eigenvalue weighted by Gasteiger charge is -2.03. The highest BCUT2D eigenvalue weighted by Gasteiger charge is 2.08. The second-order valence-electron chi connectivity index (χ2n) is 2.85. The summed E-state index contributed by atoms with van der Waals surface area (Å²) in [5.74, 6) is 0. The molecule has 0 N–H and O–H groups in total. The molecule has 68 valence electrons. The summed E-state index contributed by atoms with van der Waals surface area (Å²) in [6.45, 7) is 2.12. The minimum atomic E-state index is 0.661. The van der Waals surface area contributed by atoms with Crippen LogP contribution in [0.25, 0.3) is 10.1 Å². The molecule has 0 spiro atoms.